The molecule has 3 heterocycles. The third-order valence-corrected chi connectivity index (χ3v) is 10.9. The number of allylic oxidation sites excluding steroid dienone is 1. The van der Waals surface area contributed by atoms with Gasteiger partial charge in [0.05, 0.1) is 44.7 Å². The van der Waals surface area contributed by atoms with Crippen molar-refractivity contribution >= 4 is 8.32 Å². The van der Waals surface area contributed by atoms with E-state index >= 15 is 0 Å². The largest absolute Gasteiger partial charge is 0.497 e. The van der Waals surface area contributed by atoms with Gasteiger partial charge >= 0.3 is 0 Å². The number of hydrogen-bond donors (Lipinski definition) is 0. The molecule has 6 nitrogen and oxygen atoms in total. The molecule has 202 valence electrons. The maximum Gasteiger partial charge on any atom is 0.214 e. The first-order valence-corrected chi connectivity index (χ1v) is 16.6. The molecule has 2 saturated heterocycles. The molecule has 0 N–H and O–H groups in total. The zero-order valence-electron chi connectivity index (χ0n) is 23.3. The second-order valence-electron chi connectivity index (χ2n) is 11.6. The van der Waals surface area contributed by atoms with Crippen LogP contribution in [0.1, 0.15) is 65.4 Å². The van der Waals surface area contributed by atoms with Crippen molar-refractivity contribution in [2.75, 3.05) is 20.3 Å². The normalized spacial score (nSPS) is 33.5. The molecule has 0 radical (unpaired) electrons. The maximum absolute atomic E-state index is 6.77. The molecule has 0 aliphatic carbocycles. The van der Waals surface area contributed by atoms with Crippen molar-refractivity contribution in [2.24, 2.45) is 5.92 Å². The van der Waals surface area contributed by atoms with E-state index in [1.54, 1.807) is 7.11 Å². The highest BCUT2D eigenvalue weighted by molar-refractivity contribution is 6.78. The van der Waals surface area contributed by atoms with Gasteiger partial charge in [0.15, 0.2) is 5.79 Å². The summed E-state index contributed by atoms with van der Waals surface area (Å²) in [5, 5.41) is 1.45. The van der Waals surface area contributed by atoms with E-state index in [-0.39, 0.29) is 29.8 Å². The molecule has 0 spiro atoms. The SMILES string of the molecule is CCC[C@]1(C)C[C@@H](OCc2ccc(OC)cc2)[C@H](CCC2=C[C@@H](C)[C@H](C3(C)OCCO3)O[Si]2(C)C)O1. The lowest BCUT2D eigenvalue weighted by Gasteiger charge is -2.44. The lowest BCUT2D eigenvalue weighted by molar-refractivity contribution is -0.210. The fourth-order valence-electron chi connectivity index (χ4n) is 6.14. The number of benzene rings is 1. The maximum atomic E-state index is 6.77. The third kappa shape index (κ3) is 6.25. The average molecular weight is 519 g/mol. The monoisotopic (exact) mass is 518 g/mol. The van der Waals surface area contributed by atoms with E-state index in [9.17, 15) is 0 Å². The number of hydrogen-bond acceptors (Lipinski definition) is 6. The Morgan fingerprint density at radius 1 is 1.08 bits per heavy atom. The molecule has 1 aromatic rings. The van der Waals surface area contributed by atoms with E-state index in [1.807, 2.05) is 19.1 Å². The molecule has 36 heavy (non-hydrogen) atoms. The van der Waals surface area contributed by atoms with Gasteiger partial charge in [0.2, 0.25) is 8.32 Å². The first-order valence-electron chi connectivity index (χ1n) is 13.7. The second-order valence-corrected chi connectivity index (χ2v) is 15.5. The van der Waals surface area contributed by atoms with Gasteiger partial charge in [-0.1, -0.05) is 43.7 Å². The van der Waals surface area contributed by atoms with Crippen LogP contribution in [0.4, 0.5) is 0 Å². The molecule has 0 amide bonds. The Balaban J connectivity index is 1.42. The average Bonchev–Trinajstić information content (AvgIpc) is 3.42. The predicted octanol–water partition coefficient (Wildman–Crippen LogP) is 6.18. The Kier molecular flexibility index (Phi) is 8.69. The van der Waals surface area contributed by atoms with Gasteiger partial charge in [-0.25, -0.2) is 0 Å². The Labute approximate surface area is 218 Å². The predicted molar refractivity (Wildman–Crippen MR) is 144 cm³/mol. The Hall–Kier alpha value is -1.22. The van der Waals surface area contributed by atoms with Gasteiger partial charge in [0.1, 0.15) is 11.9 Å². The van der Waals surface area contributed by atoms with Crippen molar-refractivity contribution in [3.8, 4) is 5.75 Å². The first kappa shape index (κ1) is 27.8. The Bertz CT molecular complexity index is 894. The van der Waals surface area contributed by atoms with Crippen molar-refractivity contribution in [3.63, 3.8) is 0 Å². The van der Waals surface area contributed by atoms with Gasteiger partial charge in [0.25, 0.3) is 0 Å². The molecule has 1 aromatic carbocycles. The lowest BCUT2D eigenvalue weighted by Crippen LogP contribution is -2.54. The Morgan fingerprint density at radius 2 is 1.78 bits per heavy atom. The summed E-state index contributed by atoms with van der Waals surface area (Å²) in [6.45, 7) is 15.2. The minimum atomic E-state index is -2.07. The van der Waals surface area contributed by atoms with Crippen LogP contribution in [0.25, 0.3) is 0 Å². The second kappa shape index (κ2) is 11.3. The lowest BCUT2D eigenvalue weighted by atomic mass is 9.94. The summed E-state index contributed by atoms with van der Waals surface area (Å²) < 4.78 is 37.2. The molecule has 0 unspecified atom stereocenters. The number of methoxy groups -OCH3 is 1. The van der Waals surface area contributed by atoms with Crippen molar-refractivity contribution in [1.29, 1.82) is 0 Å². The van der Waals surface area contributed by atoms with E-state index in [0.717, 1.165) is 43.4 Å². The van der Waals surface area contributed by atoms with E-state index in [0.29, 0.717) is 19.8 Å². The molecule has 7 heteroatoms. The zero-order valence-corrected chi connectivity index (χ0v) is 24.3. The number of rotatable bonds is 10. The van der Waals surface area contributed by atoms with Crippen LogP contribution in [-0.2, 0) is 30.0 Å². The summed E-state index contributed by atoms with van der Waals surface area (Å²) in [7, 11) is -0.382. The number of ether oxygens (including phenoxy) is 5. The molecule has 2 fully saturated rings. The molecule has 0 saturated carbocycles. The molecule has 3 aliphatic rings. The molecule has 0 aromatic heterocycles. The van der Waals surface area contributed by atoms with Crippen LogP contribution < -0.4 is 4.74 Å². The van der Waals surface area contributed by atoms with Crippen molar-refractivity contribution in [1.82, 2.24) is 0 Å². The highest BCUT2D eigenvalue weighted by Crippen LogP contribution is 2.42. The highest BCUT2D eigenvalue weighted by atomic mass is 28.4. The summed E-state index contributed by atoms with van der Waals surface area (Å²) in [5.74, 6) is 0.450. The standard InChI is InChI=1S/C29H46O6Si/c1-8-15-28(3)19-26(31-20-22-9-11-23(30-5)12-10-22)25(34-28)14-13-24-18-21(2)27(35-36(24,6)7)29(4)32-16-17-33-29/h9-12,18,21,25-27H,8,13-17,19-20H2,1-7H3/t21-,25+,26-,27-,28-/m1/s1. The summed E-state index contributed by atoms with van der Waals surface area (Å²) in [6, 6.07) is 8.12. The zero-order chi connectivity index (χ0) is 26.0. The van der Waals surface area contributed by atoms with E-state index < -0.39 is 14.1 Å². The minimum absolute atomic E-state index is 0.0680. The van der Waals surface area contributed by atoms with Crippen molar-refractivity contribution in [2.45, 2.75) is 109 Å². The summed E-state index contributed by atoms with van der Waals surface area (Å²) in [4.78, 5) is 0. The van der Waals surface area contributed by atoms with E-state index in [2.05, 4.69) is 52.1 Å². The molecular formula is C29H46O6Si. The van der Waals surface area contributed by atoms with Gasteiger partial charge in [0, 0.05) is 12.3 Å². The molecular weight excluding hydrogens is 472 g/mol. The minimum Gasteiger partial charge on any atom is -0.497 e. The van der Waals surface area contributed by atoms with Crippen molar-refractivity contribution in [3.05, 3.63) is 41.1 Å². The first-order chi connectivity index (χ1) is 17.1. The fraction of sp³-hybridized carbons (Fsp3) is 0.724. The smallest absolute Gasteiger partial charge is 0.214 e. The van der Waals surface area contributed by atoms with Crippen LogP contribution in [0, 0.1) is 5.92 Å². The third-order valence-electron chi connectivity index (χ3n) is 8.10. The van der Waals surface area contributed by atoms with Gasteiger partial charge in [-0.15, -0.1) is 0 Å². The van der Waals surface area contributed by atoms with Crippen LogP contribution in [0.15, 0.2) is 35.5 Å². The van der Waals surface area contributed by atoms with Crippen LogP contribution in [-0.4, -0.2) is 58.3 Å². The molecule has 3 aliphatic heterocycles. The summed E-state index contributed by atoms with van der Waals surface area (Å²) in [6.07, 6.45) is 7.55. The topological polar surface area (TPSA) is 55.4 Å². The van der Waals surface area contributed by atoms with Gasteiger partial charge in [-0.2, -0.15) is 0 Å². The van der Waals surface area contributed by atoms with Crippen LogP contribution in [0.5, 0.6) is 5.75 Å². The highest BCUT2D eigenvalue weighted by Gasteiger charge is 2.50. The van der Waals surface area contributed by atoms with Crippen molar-refractivity contribution < 1.29 is 28.1 Å². The molecule has 4 rings (SSSR count). The quantitative estimate of drug-likeness (QED) is 0.345. The summed E-state index contributed by atoms with van der Waals surface area (Å²) >= 11 is 0. The Morgan fingerprint density at radius 3 is 2.42 bits per heavy atom. The van der Waals surface area contributed by atoms with Crippen LogP contribution in [0.2, 0.25) is 13.1 Å². The van der Waals surface area contributed by atoms with Crippen LogP contribution in [0.3, 0.4) is 0 Å². The molecule has 5 atom stereocenters. The van der Waals surface area contributed by atoms with Gasteiger partial charge < -0.3 is 28.1 Å². The fourth-order valence-corrected chi connectivity index (χ4v) is 8.77. The van der Waals surface area contributed by atoms with E-state index in [1.165, 1.54) is 5.20 Å². The van der Waals surface area contributed by atoms with Gasteiger partial charge in [-0.3, -0.25) is 0 Å². The summed E-state index contributed by atoms with van der Waals surface area (Å²) in [5.41, 5.74) is 1.03. The van der Waals surface area contributed by atoms with E-state index in [4.69, 9.17) is 28.1 Å². The van der Waals surface area contributed by atoms with Crippen LogP contribution >= 0.6 is 0 Å². The molecule has 0 bridgehead atoms. The van der Waals surface area contributed by atoms with Gasteiger partial charge in [-0.05, 0) is 63.9 Å².